The van der Waals surface area contributed by atoms with Crippen LogP contribution in [0.15, 0.2) is 36.4 Å². The van der Waals surface area contributed by atoms with Crippen LogP contribution in [0.25, 0.3) is 0 Å². The lowest BCUT2D eigenvalue weighted by atomic mass is 10.1. The highest BCUT2D eigenvalue weighted by Gasteiger charge is 2.10. The van der Waals surface area contributed by atoms with Crippen molar-refractivity contribution in [1.82, 2.24) is 0 Å². The second-order valence-corrected chi connectivity index (χ2v) is 4.66. The quantitative estimate of drug-likeness (QED) is 0.687. The Labute approximate surface area is 126 Å². The van der Waals surface area contributed by atoms with Crippen LogP contribution in [-0.2, 0) is 0 Å². The van der Waals surface area contributed by atoms with Gasteiger partial charge in [-0.2, -0.15) is 0 Å². The largest absolute Gasteiger partial charge is 0.457 e. The molecule has 0 bridgehead atoms. The summed E-state index contributed by atoms with van der Waals surface area (Å²) in [5, 5.41) is 10.6. The van der Waals surface area contributed by atoms with E-state index in [9.17, 15) is 14.9 Å². The van der Waals surface area contributed by atoms with E-state index in [0.717, 1.165) is 5.56 Å². The number of nitro groups is 1. The van der Waals surface area contributed by atoms with Gasteiger partial charge in [0.05, 0.1) is 4.92 Å². The third kappa shape index (κ3) is 3.51. The Hall–Kier alpha value is -3.09. The summed E-state index contributed by atoms with van der Waals surface area (Å²) >= 11 is 0. The third-order valence-corrected chi connectivity index (χ3v) is 2.96. The van der Waals surface area contributed by atoms with Crippen molar-refractivity contribution >= 4 is 11.8 Å². The Morgan fingerprint density at radius 1 is 1.09 bits per heavy atom. The summed E-state index contributed by atoms with van der Waals surface area (Å²) in [4.78, 5) is 20.9. The number of benzene rings is 2. The van der Waals surface area contributed by atoms with Crippen LogP contribution >= 0.6 is 0 Å². The van der Waals surface area contributed by atoms with E-state index >= 15 is 0 Å². The van der Waals surface area contributed by atoms with E-state index < -0.39 is 11.0 Å². The van der Waals surface area contributed by atoms with E-state index in [0.29, 0.717) is 22.8 Å². The Morgan fingerprint density at radius 2 is 1.64 bits per heavy atom. The van der Waals surface area contributed by atoms with Gasteiger partial charge >= 0.3 is 6.09 Å². The fraction of sp³-hybridized carbons (Fsp3) is 0.133. The van der Waals surface area contributed by atoms with Crippen molar-refractivity contribution in [2.45, 2.75) is 13.8 Å². The number of carbonyl (C=O) groups excluding carboxylic acids is 1. The molecular weight excluding hydrogens is 288 g/mol. The van der Waals surface area contributed by atoms with Gasteiger partial charge in [-0.1, -0.05) is 0 Å². The molecule has 0 heterocycles. The number of nitrogens with two attached hydrogens (primary N) is 1. The fourth-order valence-corrected chi connectivity index (χ4v) is 1.85. The van der Waals surface area contributed by atoms with Gasteiger partial charge in [0.15, 0.2) is 0 Å². The maximum Gasteiger partial charge on any atom is 0.409 e. The normalized spacial score (nSPS) is 10.1. The smallest absolute Gasteiger partial charge is 0.409 e. The molecule has 2 rings (SSSR count). The van der Waals surface area contributed by atoms with E-state index in [1.54, 1.807) is 26.0 Å². The monoisotopic (exact) mass is 302 g/mol. The number of non-ortho nitro benzene ring substituents is 1. The first-order valence-electron chi connectivity index (χ1n) is 6.37. The van der Waals surface area contributed by atoms with Crippen LogP contribution in [0, 0.1) is 24.0 Å². The van der Waals surface area contributed by atoms with Crippen LogP contribution in [0.3, 0.4) is 0 Å². The summed E-state index contributed by atoms with van der Waals surface area (Å²) < 4.78 is 10.6. The zero-order valence-electron chi connectivity index (χ0n) is 12.0. The minimum Gasteiger partial charge on any atom is -0.457 e. The van der Waals surface area contributed by atoms with Crippen molar-refractivity contribution < 1.29 is 19.2 Å². The molecule has 0 radical (unpaired) electrons. The average Bonchev–Trinajstić information content (AvgIpc) is 2.44. The van der Waals surface area contributed by atoms with Crippen molar-refractivity contribution in [3.63, 3.8) is 0 Å². The van der Waals surface area contributed by atoms with Gasteiger partial charge in [0, 0.05) is 12.1 Å². The molecule has 0 aliphatic heterocycles. The molecule has 0 aliphatic rings. The number of rotatable bonds is 4. The highest BCUT2D eigenvalue weighted by molar-refractivity contribution is 5.69. The van der Waals surface area contributed by atoms with Crippen LogP contribution in [0.4, 0.5) is 10.5 Å². The van der Waals surface area contributed by atoms with Crippen molar-refractivity contribution in [3.05, 3.63) is 57.6 Å². The third-order valence-electron chi connectivity index (χ3n) is 2.96. The molecule has 0 spiro atoms. The first-order valence-corrected chi connectivity index (χ1v) is 6.37. The number of nitrogens with zero attached hydrogens (tertiary/aromatic N) is 1. The predicted octanol–water partition coefficient (Wildman–Crippen LogP) is 3.46. The second kappa shape index (κ2) is 6.13. The van der Waals surface area contributed by atoms with Gasteiger partial charge in [0.1, 0.15) is 17.2 Å². The van der Waals surface area contributed by atoms with Gasteiger partial charge in [0.25, 0.3) is 5.69 Å². The molecule has 0 aliphatic carbocycles. The standard InChI is InChI=1S/C15H14N2O5/c1-9-8-14(22-15(16)18)10(2)7-13(9)21-12-5-3-11(4-6-12)17(19)20/h3-8H,1-2H3,(H2,16,18). The lowest BCUT2D eigenvalue weighted by Gasteiger charge is -2.12. The Morgan fingerprint density at radius 3 is 2.18 bits per heavy atom. The molecule has 0 saturated carbocycles. The molecule has 0 saturated heterocycles. The Balaban J connectivity index is 2.24. The van der Waals surface area contributed by atoms with E-state index in [4.69, 9.17) is 15.2 Å². The van der Waals surface area contributed by atoms with E-state index in [-0.39, 0.29) is 5.69 Å². The Bertz CT molecular complexity index is 725. The number of amides is 1. The van der Waals surface area contributed by atoms with Gasteiger partial charge < -0.3 is 15.2 Å². The van der Waals surface area contributed by atoms with Crippen molar-refractivity contribution in [3.8, 4) is 17.2 Å². The summed E-state index contributed by atoms with van der Waals surface area (Å²) in [7, 11) is 0. The lowest BCUT2D eigenvalue weighted by Crippen LogP contribution is -2.16. The van der Waals surface area contributed by atoms with E-state index in [1.165, 1.54) is 24.3 Å². The minimum absolute atomic E-state index is 0.00883. The Kier molecular flexibility index (Phi) is 4.26. The zero-order chi connectivity index (χ0) is 16.3. The van der Waals surface area contributed by atoms with Gasteiger partial charge in [-0.3, -0.25) is 10.1 Å². The highest BCUT2D eigenvalue weighted by atomic mass is 16.6. The van der Waals surface area contributed by atoms with Crippen molar-refractivity contribution in [2.24, 2.45) is 5.73 Å². The van der Waals surface area contributed by atoms with Crippen molar-refractivity contribution in [2.75, 3.05) is 0 Å². The number of primary amides is 1. The molecule has 0 atom stereocenters. The molecule has 2 aromatic carbocycles. The zero-order valence-corrected chi connectivity index (χ0v) is 12.0. The van der Waals surface area contributed by atoms with Crippen LogP contribution in [0.2, 0.25) is 0 Å². The molecular formula is C15H14N2O5. The molecule has 1 amide bonds. The molecule has 0 unspecified atom stereocenters. The van der Waals surface area contributed by atoms with Crippen molar-refractivity contribution in [1.29, 1.82) is 0 Å². The SMILES string of the molecule is Cc1cc(Oc2ccc([N+](=O)[O-])cc2)c(C)cc1OC(N)=O. The van der Waals surface area contributed by atoms with Gasteiger partial charge in [-0.25, -0.2) is 4.79 Å². The molecule has 22 heavy (non-hydrogen) atoms. The van der Waals surface area contributed by atoms with Crippen LogP contribution in [-0.4, -0.2) is 11.0 Å². The van der Waals surface area contributed by atoms with Crippen LogP contribution in [0.1, 0.15) is 11.1 Å². The molecule has 0 aromatic heterocycles. The van der Waals surface area contributed by atoms with E-state index in [1.807, 2.05) is 0 Å². The number of ether oxygens (including phenoxy) is 2. The summed E-state index contributed by atoms with van der Waals surface area (Å²) in [6, 6.07) is 9.10. The number of carbonyl (C=O) groups is 1. The van der Waals surface area contributed by atoms with E-state index in [2.05, 4.69) is 0 Å². The first kappa shape index (κ1) is 15.3. The molecule has 7 nitrogen and oxygen atoms in total. The summed E-state index contributed by atoms with van der Waals surface area (Å²) in [6.45, 7) is 3.54. The molecule has 114 valence electrons. The van der Waals surface area contributed by atoms with Gasteiger partial charge in [0.2, 0.25) is 0 Å². The summed E-state index contributed by atoms with van der Waals surface area (Å²) in [6.07, 6.45) is -0.883. The molecule has 2 N–H and O–H groups in total. The number of hydrogen-bond acceptors (Lipinski definition) is 5. The lowest BCUT2D eigenvalue weighted by molar-refractivity contribution is -0.384. The number of aryl methyl sites for hydroxylation is 2. The average molecular weight is 302 g/mol. The topological polar surface area (TPSA) is 105 Å². The second-order valence-electron chi connectivity index (χ2n) is 4.66. The summed E-state index contributed by atoms with van der Waals surface area (Å²) in [5.41, 5.74) is 6.41. The first-order chi connectivity index (χ1) is 10.4. The fourth-order valence-electron chi connectivity index (χ4n) is 1.85. The van der Waals surface area contributed by atoms with Crippen LogP contribution < -0.4 is 15.2 Å². The number of hydrogen-bond donors (Lipinski definition) is 1. The molecule has 7 heteroatoms. The molecule has 0 fully saturated rings. The predicted molar refractivity (Wildman–Crippen MR) is 79.3 cm³/mol. The molecule has 2 aromatic rings. The minimum atomic E-state index is -0.883. The maximum absolute atomic E-state index is 10.8. The maximum atomic E-state index is 10.8. The highest BCUT2D eigenvalue weighted by Crippen LogP contribution is 2.31. The van der Waals surface area contributed by atoms with Gasteiger partial charge in [-0.05, 0) is 49.2 Å². The number of nitro benzene ring substituents is 1. The summed E-state index contributed by atoms with van der Waals surface area (Å²) in [5.74, 6) is 1.39. The van der Waals surface area contributed by atoms with Crippen LogP contribution in [0.5, 0.6) is 17.2 Å². The van der Waals surface area contributed by atoms with Gasteiger partial charge in [-0.15, -0.1) is 0 Å².